The molecule has 4 heteroatoms. The van der Waals surface area contributed by atoms with Crippen molar-refractivity contribution >= 4 is 0 Å². The highest BCUT2D eigenvalue weighted by Gasteiger charge is 2.13. The van der Waals surface area contributed by atoms with Gasteiger partial charge in [0.25, 0.3) is 0 Å². The summed E-state index contributed by atoms with van der Waals surface area (Å²) < 4.78 is 30.0. The van der Waals surface area contributed by atoms with Crippen molar-refractivity contribution in [3.63, 3.8) is 0 Å². The molecule has 0 amide bonds. The van der Waals surface area contributed by atoms with Crippen LogP contribution < -0.4 is 4.74 Å². The van der Waals surface area contributed by atoms with Crippen molar-refractivity contribution in [3.05, 3.63) is 29.3 Å². The molecular formula is C8H5F2NO. The monoisotopic (exact) mass is 169 g/mol. The van der Waals surface area contributed by atoms with E-state index in [9.17, 15) is 8.78 Å². The summed E-state index contributed by atoms with van der Waals surface area (Å²) in [4.78, 5) is 0. The lowest BCUT2D eigenvalue weighted by molar-refractivity contribution is 0.381. The van der Waals surface area contributed by atoms with E-state index in [1.54, 1.807) is 0 Å². The topological polar surface area (TPSA) is 33.0 Å². The van der Waals surface area contributed by atoms with Crippen molar-refractivity contribution in [1.29, 1.82) is 5.26 Å². The number of nitrogens with zero attached hydrogens (tertiary/aromatic N) is 1. The Kier molecular flexibility index (Phi) is 2.24. The molecule has 0 saturated carbocycles. The fraction of sp³-hybridized carbons (Fsp3) is 0.125. The molecule has 2 nitrogen and oxygen atoms in total. The van der Waals surface area contributed by atoms with Crippen LogP contribution >= 0.6 is 0 Å². The molecule has 1 aromatic carbocycles. The summed E-state index contributed by atoms with van der Waals surface area (Å²) in [6, 6.07) is 3.31. The zero-order chi connectivity index (χ0) is 9.14. The second kappa shape index (κ2) is 3.18. The van der Waals surface area contributed by atoms with Crippen molar-refractivity contribution < 1.29 is 13.5 Å². The molecule has 0 aliphatic heterocycles. The Labute approximate surface area is 68.0 Å². The quantitative estimate of drug-likeness (QED) is 0.642. The Bertz CT molecular complexity index is 344. The van der Waals surface area contributed by atoms with Crippen molar-refractivity contribution in [2.24, 2.45) is 0 Å². The van der Waals surface area contributed by atoms with Crippen molar-refractivity contribution in [2.75, 3.05) is 7.11 Å². The van der Waals surface area contributed by atoms with Gasteiger partial charge in [0.1, 0.15) is 17.4 Å². The number of halogens is 2. The molecule has 1 rings (SSSR count). The fourth-order valence-corrected chi connectivity index (χ4v) is 0.837. The van der Waals surface area contributed by atoms with E-state index in [0.29, 0.717) is 0 Å². The molecule has 0 aromatic heterocycles. The van der Waals surface area contributed by atoms with Crippen LogP contribution in [0.4, 0.5) is 8.78 Å². The second-order valence-corrected chi connectivity index (χ2v) is 2.05. The van der Waals surface area contributed by atoms with E-state index in [-0.39, 0.29) is 5.75 Å². The van der Waals surface area contributed by atoms with Crippen LogP contribution in [-0.4, -0.2) is 7.11 Å². The van der Waals surface area contributed by atoms with Crippen molar-refractivity contribution in [3.8, 4) is 11.8 Å². The largest absolute Gasteiger partial charge is 0.492 e. The molecule has 0 aliphatic carbocycles. The van der Waals surface area contributed by atoms with Gasteiger partial charge in [0.15, 0.2) is 11.6 Å². The van der Waals surface area contributed by atoms with Gasteiger partial charge < -0.3 is 4.74 Å². The van der Waals surface area contributed by atoms with Crippen molar-refractivity contribution in [1.82, 2.24) is 0 Å². The van der Waals surface area contributed by atoms with Gasteiger partial charge in [-0.15, -0.1) is 0 Å². The molecule has 0 atom stereocenters. The summed E-state index contributed by atoms with van der Waals surface area (Å²) in [7, 11) is 1.18. The van der Waals surface area contributed by atoms with Crippen LogP contribution in [-0.2, 0) is 0 Å². The predicted octanol–water partition coefficient (Wildman–Crippen LogP) is 1.85. The first-order valence-electron chi connectivity index (χ1n) is 3.12. The summed E-state index contributed by atoms with van der Waals surface area (Å²) in [5, 5.41) is 8.42. The maximum absolute atomic E-state index is 12.8. The Morgan fingerprint density at radius 2 is 1.92 bits per heavy atom. The fourth-order valence-electron chi connectivity index (χ4n) is 0.837. The van der Waals surface area contributed by atoms with Gasteiger partial charge >= 0.3 is 0 Å². The van der Waals surface area contributed by atoms with Crippen LogP contribution in [0.5, 0.6) is 5.75 Å². The third-order valence-corrected chi connectivity index (χ3v) is 1.37. The molecule has 0 saturated heterocycles. The van der Waals surface area contributed by atoms with Gasteiger partial charge in [-0.05, 0) is 12.1 Å². The molecule has 0 aliphatic rings. The van der Waals surface area contributed by atoms with E-state index in [0.717, 1.165) is 12.1 Å². The van der Waals surface area contributed by atoms with Gasteiger partial charge in [-0.25, -0.2) is 8.78 Å². The van der Waals surface area contributed by atoms with Crippen LogP contribution in [0.15, 0.2) is 12.1 Å². The van der Waals surface area contributed by atoms with Crippen LogP contribution in [0, 0.1) is 23.0 Å². The van der Waals surface area contributed by atoms with Crippen LogP contribution in [0.3, 0.4) is 0 Å². The maximum atomic E-state index is 12.8. The first-order valence-corrected chi connectivity index (χ1v) is 3.12. The Balaban J connectivity index is 3.41. The average Bonchev–Trinajstić information content (AvgIpc) is 2.08. The standard InChI is InChI=1S/C8H5F2NO/c1-12-8-5(4-11)6(9)2-3-7(8)10/h2-3H,1H3. The number of rotatable bonds is 1. The molecule has 0 bridgehead atoms. The van der Waals surface area contributed by atoms with Crippen LogP contribution in [0.2, 0.25) is 0 Å². The molecule has 0 unspecified atom stereocenters. The molecule has 0 radical (unpaired) electrons. The van der Waals surface area contributed by atoms with Gasteiger partial charge in [0.05, 0.1) is 7.11 Å². The van der Waals surface area contributed by atoms with Crippen LogP contribution in [0.1, 0.15) is 5.56 Å². The first kappa shape index (κ1) is 8.47. The minimum Gasteiger partial charge on any atom is -0.492 e. The van der Waals surface area contributed by atoms with Gasteiger partial charge in [-0.2, -0.15) is 5.26 Å². The minimum absolute atomic E-state index is 0.350. The molecular weight excluding hydrogens is 164 g/mol. The minimum atomic E-state index is -0.782. The van der Waals surface area contributed by atoms with E-state index in [1.165, 1.54) is 13.2 Å². The zero-order valence-corrected chi connectivity index (χ0v) is 6.27. The zero-order valence-electron chi connectivity index (χ0n) is 6.27. The number of methoxy groups -OCH3 is 1. The highest BCUT2D eigenvalue weighted by Crippen LogP contribution is 2.23. The van der Waals surface area contributed by atoms with Crippen molar-refractivity contribution in [2.45, 2.75) is 0 Å². The lowest BCUT2D eigenvalue weighted by Gasteiger charge is -2.03. The van der Waals surface area contributed by atoms with E-state index in [2.05, 4.69) is 4.74 Å². The summed E-state index contributed by atoms with van der Waals surface area (Å²) in [6.07, 6.45) is 0. The van der Waals surface area contributed by atoms with E-state index in [1.807, 2.05) is 0 Å². The van der Waals surface area contributed by atoms with Gasteiger partial charge in [0, 0.05) is 0 Å². The summed E-state index contributed by atoms with van der Waals surface area (Å²) in [6.45, 7) is 0. The van der Waals surface area contributed by atoms with Crippen LogP contribution in [0.25, 0.3) is 0 Å². The number of ether oxygens (including phenoxy) is 1. The smallest absolute Gasteiger partial charge is 0.175 e. The van der Waals surface area contributed by atoms with E-state index < -0.39 is 17.2 Å². The third-order valence-electron chi connectivity index (χ3n) is 1.37. The SMILES string of the molecule is COc1c(F)ccc(F)c1C#N. The Morgan fingerprint density at radius 1 is 1.33 bits per heavy atom. The number of hydrogen-bond acceptors (Lipinski definition) is 2. The van der Waals surface area contributed by atoms with Gasteiger partial charge in [-0.1, -0.05) is 0 Å². The molecule has 1 aromatic rings. The second-order valence-electron chi connectivity index (χ2n) is 2.05. The average molecular weight is 169 g/mol. The predicted molar refractivity (Wildman–Crippen MR) is 37.6 cm³/mol. The third kappa shape index (κ3) is 1.21. The number of hydrogen-bond donors (Lipinski definition) is 0. The highest BCUT2D eigenvalue weighted by atomic mass is 19.1. The molecule has 0 N–H and O–H groups in total. The van der Waals surface area contributed by atoms with E-state index >= 15 is 0 Å². The molecule has 0 heterocycles. The normalized spacial score (nSPS) is 9.17. The first-order chi connectivity index (χ1) is 5.70. The Morgan fingerprint density at radius 3 is 2.33 bits per heavy atom. The molecule has 62 valence electrons. The Hall–Kier alpha value is -1.63. The molecule has 0 spiro atoms. The summed E-state index contributed by atoms with van der Waals surface area (Å²) in [5.41, 5.74) is -0.405. The highest BCUT2D eigenvalue weighted by molar-refractivity contribution is 5.44. The lowest BCUT2D eigenvalue weighted by Crippen LogP contribution is -1.94. The van der Waals surface area contributed by atoms with Gasteiger partial charge in [0.2, 0.25) is 0 Å². The summed E-state index contributed by atoms with van der Waals surface area (Å²) >= 11 is 0. The van der Waals surface area contributed by atoms with E-state index in [4.69, 9.17) is 5.26 Å². The summed E-state index contributed by atoms with van der Waals surface area (Å²) in [5.74, 6) is -1.87. The number of nitriles is 1. The number of benzene rings is 1. The molecule has 0 fully saturated rings. The lowest BCUT2D eigenvalue weighted by atomic mass is 10.2. The van der Waals surface area contributed by atoms with Gasteiger partial charge in [-0.3, -0.25) is 0 Å². The molecule has 12 heavy (non-hydrogen) atoms. The maximum Gasteiger partial charge on any atom is 0.175 e.